The highest BCUT2D eigenvalue weighted by Crippen LogP contribution is 2.39. The maximum Gasteiger partial charge on any atom is 0.280 e. The lowest BCUT2D eigenvalue weighted by Gasteiger charge is -2.20. The molecule has 122 valence electrons. The Bertz CT molecular complexity index is 887. The van der Waals surface area contributed by atoms with E-state index in [0.717, 1.165) is 16.7 Å². The van der Waals surface area contributed by atoms with E-state index in [-0.39, 0.29) is 5.96 Å². The van der Waals surface area contributed by atoms with Gasteiger partial charge in [0.25, 0.3) is 5.91 Å². The predicted molar refractivity (Wildman–Crippen MR) is 95.6 cm³/mol. The molecule has 24 heavy (non-hydrogen) atoms. The molecule has 1 amide bonds. The van der Waals surface area contributed by atoms with Gasteiger partial charge in [-0.2, -0.15) is 4.99 Å². The molecular formula is C17H13Cl2N3O2. The molecule has 3 rings (SSSR count). The molecular weight excluding hydrogens is 349 g/mol. The molecule has 7 heteroatoms. The van der Waals surface area contributed by atoms with Crippen LogP contribution in [0.15, 0.2) is 47.5 Å². The van der Waals surface area contributed by atoms with E-state index in [2.05, 4.69) is 4.99 Å². The standard InChI is InChI=1S/C17H13Cl2N3O2/c18-13-3-1-2-11(15(13)19)10-6-7-24-14-5-4-9(8-12(10)14)16(23)22-17(20)21/h1-6,8H,7H2,(H4,20,21,22,23). The summed E-state index contributed by atoms with van der Waals surface area (Å²) in [5, 5.41) is 0.898. The average molecular weight is 362 g/mol. The number of halogens is 2. The van der Waals surface area contributed by atoms with Crippen molar-refractivity contribution in [3.05, 3.63) is 69.2 Å². The molecule has 0 saturated heterocycles. The van der Waals surface area contributed by atoms with Crippen LogP contribution in [0.25, 0.3) is 5.57 Å². The van der Waals surface area contributed by atoms with Crippen LogP contribution < -0.4 is 16.2 Å². The summed E-state index contributed by atoms with van der Waals surface area (Å²) in [5.74, 6) is -0.174. The Hall–Kier alpha value is -2.50. The molecule has 5 nitrogen and oxygen atoms in total. The smallest absolute Gasteiger partial charge is 0.280 e. The van der Waals surface area contributed by atoms with E-state index < -0.39 is 5.91 Å². The van der Waals surface area contributed by atoms with E-state index in [4.69, 9.17) is 39.4 Å². The number of carbonyl (C=O) groups excluding carboxylic acids is 1. The Labute approximate surface area is 148 Å². The Kier molecular flexibility index (Phi) is 4.46. The molecule has 0 aromatic heterocycles. The van der Waals surface area contributed by atoms with E-state index in [9.17, 15) is 4.79 Å². The van der Waals surface area contributed by atoms with Crippen LogP contribution in [0, 0.1) is 0 Å². The van der Waals surface area contributed by atoms with Gasteiger partial charge in [-0.25, -0.2) is 0 Å². The maximum absolute atomic E-state index is 12.1. The van der Waals surface area contributed by atoms with Gasteiger partial charge in [-0.3, -0.25) is 4.79 Å². The quantitative estimate of drug-likeness (QED) is 0.634. The topological polar surface area (TPSA) is 90.7 Å². The van der Waals surface area contributed by atoms with Gasteiger partial charge in [0.05, 0.1) is 10.0 Å². The lowest BCUT2D eigenvalue weighted by Crippen LogP contribution is -2.24. The molecule has 4 N–H and O–H groups in total. The number of guanidine groups is 1. The molecule has 0 radical (unpaired) electrons. The predicted octanol–water partition coefficient (Wildman–Crippen LogP) is 3.23. The number of nitrogens with zero attached hydrogens (tertiary/aromatic N) is 1. The first-order valence-electron chi connectivity index (χ1n) is 7.03. The fourth-order valence-electron chi connectivity index (χ4n) is 2.47. The van der Waals surface area contributed by atoms with Crippen LogP contribution in [-0.2, 0) is 0 Å². The number of rotatable bonds is 2. The van der Waals surface area contributed by atoms with E-state index >= 15 is 0 Å². The van der Waals surface area contributed by atoms with Gasteiger partial charge in [-0.15, -0.1) is 0 Å². The second-order valence-electron chi connectivity index (χ2n) is 5.08. The molecule has 0 unspecified atom stereocenters. The zero-order valence-corrected chi connectivity index (χ0v) is 13.9. The SMILES string of the molecule is NC(N)=NC(=O)c1ccc2c(c1)C(c1cccc(Cl)c1Cl)=CCO2. The van der Waals surface area contributed by atoms with Gasteiger partial charge in [0.15, 0.2) is 5.96 Å². The summed E-state index contributed by atoms with van der Waals surface area (Å²) in [5.41, 5.74) is 13.2. The summed E-state index contributed by atoms with van der Waals surface area (Å²) in [7, 11) is 0. The van der Waals surface area contributed by atoms with Crippen molar-refractivity contribution in [3.63, 3.8) is 0 Å². The highest BCUT2D eigenvalue weighted by Gasteiger charge is 2.20. The second-order valence-corrected chi connectivity index (χ2v) is 5.87. The van der Waals surface area contributed by atoms with E-state index in [0.29, 0.717) is 28.0 Å². The van der Waals surface area contributed by atoms with Gasteiger partial charge in [0.2, 0.25) is 0 Å². The monoisotopic (exact) mass is 361 g/mol. The van der Waals surface area contributed by atoms with Gasteiger partial charge in [0, 0.05) is 16.7 Å². The second kappa shape index (κ2) is 6.55. The van der Waals surface area contributed by atoms with Crippen molar-refractivity contribution >= 4 is 40.6 Å². The number of aliphatic imine (C=N–C) groups is 1. The summed E-state index contributed by atoms with van der Waals surface area (Å²) in [6, 6.07) is 10.4. The molecule has 1 aliphatic heterocycles. The fourth-order valence-corrected chi connectivity index (χ4v) is 2.88. The largest absolute Gasteiger partial charge is 0.489 e. The third-order valence-corrected chi connectivity index (χ3v) is 4.33. The zero-order valence-electron chi connectivity index (χ0n) is 12.4. The molecule has 0 spiro atoms. The Morgan fingerprint density at radius 3 is 2.67 bits per heavy atom. The van der Waals surface area contributed by atoms with Gasteiger partial charge in [-0.05, 0) is 35.9 Å². The van der Waals surface area contributed by atoms with Crippen LogP contribution in [0.2, 0.25) is 10.0 Å². The number of amides is 1. The number of fused-ring (bicyclic) bond motifs is 1. The van der Waals surface area contributed by atoms with Crippen molar-refractivity contribution in [3.8, 4) is 5.75 Å². The number of benzene rings is 2. The third-order valence-electron chi connectivity index (χ3n) is 3.52. The van der Waals surface area contributed by atoms with Crippen molar-refractivity contribution in [1.82, 2.24) is 0 Å². The molecule has 0 atom stereocenters. The zero-order chi connectivity index (χ0) is 17.3. The first-order valence-corrected chi connectivity index (χ1v) is 7.78. The molecule has 2 aromatic carbocycles. The maximum atomic E-state index is 12.1. The Morgan fingerprint density at radius 2 is 1.92 bits per heavy atom. The van der Waals surface area contributed by atoms with Gasteiger partial charge < -0.3 is 16.2 Å². The van der Waals surface area contributed by atoms with Crippen molar-refractivity contribution in [2.75, 3.05) is 6.61 Å². The van der Waals surface area contributed by atoms with Crippen LogP contribution in [0.3, 0.4) is 0 Å². The van der Waals surface area contributed by atoms with Gasteiger partial charge in [-0.1, -0.05) is 35.3 Å². The molecule has 1 heterocycles. The summed E-state index contributed by atoms with van der Waals surface area (Å²) >= 11 is 12.4. The minimum atomic E-state index is -0.528. The highest BCUT2D eigenvalue weighted by atomic mass is 35.5. The van der Waals surface area contributed by atoms with Crippen molar-refractivity contribution in [1.29, 1.82) is 0 Å². The summed E-state index contributed by atoms with van der Waals surface area (Å²) < 4.78 is 5.61. The number of ether oxygens (including phenoxy) is 1. The summed E-state index contributed by atoms with van der Waals surface area (Å²) in [6.07, 6.45) is 1.88. The van der Waals surface area contributed by atoms with Crippen LogP contribution >= 0.6 is 23.2 Å². The number of hydrogen-bond acceptors (Lipinski definition) is 2. The minimum Gasteiger partial charge on any atom is -0.489 e. The van der Waals surface area contributed by atoms with Crippen LogP contribution in [0.5, 0.6) is 5.75 Å². The first-order chi connectivity index (χ1) is 11.5. The van der Waals surface area contributed by atoms with Gasteiger partial charge in [0.1, 0.15) is 12.4 Å². The lowest BCUT2D eigenvalue weighted by atomic mass is 9.94. The van der Waals surface area contributed by atoms with Crippen molar-refractivity contribution < 1.29 is 9.53 Å². The number of nitrogens with two attached hydrogens (primary N) is 2. The lowest BCUT2D eigenvalue weighted by molar-refractivity contribution is 0.100. The normalized spacial score (nSPS) is 12.7. The van der Waals surface area contributed by atoms with Crippen molar-refractivity contribution in [2.45, 2.75) is 0 Å². The molecule has 0 bridgehead atoms. The van der Waals surface area contributed by atoms with Crippen molar-refractivity contribution in [2.24, 2.45) is 16.5 Å². The molecule has 0 saturated carbocycles. The van der Waals surface area contributed by atoms with E-state index in [1.54, 1.807) is 24.3 Å². The summed E-state index contributed by atoms with van der Waals surface area (Å²) in [6.45, 7) is 0.395. The summed E-state index contributed by atoms with van der Waals surface area (Å²) in [4.78, 5) is 15.6. The Morgan fingerprint density at radius 1 is 1.12 bits per heavy atom. The van der Waals surface area contributed by atoms with E-state index in [1.807, 2.05) is 18.2 Å². The van der Waals surface area contributed by atoms with Gasteiger partial charge >= 0.3 is 0 Å². The fraction of sp³-hybridized carbons (Fsp3) is 0.0588. The van der Waals surface area contributed by atoms with Crippen LogP contribution in [0.4, 0.5) is 0 Å². The number of hydrogen-bond donors (Lipinski definition) is 2. The minimum absolute atomic E-state index is 0.289. The Balaban J connectivity index is 2.11. The molecule has 2 aromatic rings. The average Bonchev–Trinajstić information content (AvgIpc) is 2.56. The molecule has 0 aliphatic carbocycles. The number of carbonyl (C=O) groups is 1. The molecule has 1 aliphatic rings. The highest BCUT2D eigenvalue weighted by molar-refractivity contribution is 6.43. The van der Waals surface area contributed by atoms with Crippen LogP contribution in [-0.4, -0.2) is 18.5 Å². The van der Waals surface area contributed by atoms with E-state index in [1.165, 1.54) is 0 Å². The molecule has 0 fully saturated rings. The van der Waals surface area contributed by atoms with Crippen LogP contribution in [0.1, 0.15) is 21.5 Å². The first kappa shape index (κ1) is 16.4. The third kappa shape index (κ3) is 3.09.